The van der Waals surface area contributed by atoms with Gasteiger partial charge < -0.3 is 10.1 Å². The number of carbonyl (C=O) groups is 1. The molecule has 0 fully saturated rings. The van der Waals surface area contributed by atoms with E-state index in [1.807, 2.05) is 42.5 Å². The van der Waals surface area contributed by atoms with Crippen LogP contribution in [0.1, 0.15) is 11.1 Å². The zero-order chi connectivity index (χ0) is 24.1. The molecule has 0 radical (unpaired) electrons. The predicted octanol–water partition coefficient (Wildman–Crippen LogP) is 7.52. The van der Waals surface area contributed by atoms with Crippen LogP contribution in [0.5, 0.6) is 5.75 Å². The molecule has 0 saturated heterocycles. The molecule has 0 aliphatic heterocycles. The van der Waals surface area contributed by atoms with Crippen LogP contribution in [0.2, 0.25) is 5.02 Å². The highest BCUT2D eigenvalue weighted by atomic mass is 79.9. The van der Waals surface area contributed by atoms with Gasteiger partial charge in [-0.1, -0.05) is 60.1 Å². The number of amides is 1. The van der Waals surface area contributed by atoms with Crippen LogP contribution < -0.4 is 10.1 Å². The average Bonchev–Trinajstić information content (AvgIpc) is 2.83. The first-order valence-corrected chi connectivity index (χ1v) is 11.4. The molecule has 34 heavy (non-hydrogen) atoms. The summed E-state index contributed by atoms with van der Waals surface area (Å²) in [4.78, 5) is 12.5. The number of nitrogens with zero attached hydrogens (tertiary/aromatic N) is 1. The van der Waals surface area contributed by atoms with E-state index in [1.54, 1.807) is 18.2 Å². The van der Waals surface area contributed by atoms with Crippen LogP contribution >= 0.6 is 27.5 Å². The smallest absolute Gasteiger partial charge is 0.266 e. The maximum absolute atomic E-state index is 13.8. The molecule has 0 atom stereocenters. The molecule has 0 aromatic heterocycles. The van der Waals surface area contributed by atoms with Gasteiger partial charge in [0.2, 0.25) is 0 Å². The van der Waals surface area contributed by atoms with E-state index in [9.17, 15) is 14.4 Å². The average molecular weight is 536 g/mol. The van der Waals surface area contributed by atoms with Gasteiger partial charge in [0, 0.05) is 0 Å². The lowest BCUT2D eigenvalue weighted by atomic mass is 10.1. The maximum Gasteiger partial charge on any atom is 0.266 e. The number of rotatable bonds is 6. The highest BCUT2D eigenvalue weighted by molar-refractivity contribution is 9.10. The van der Waals surface area contributed by atoms with Gasteiger partial charge in [-0.3, -0.25) is 4.79 Å². The van der Waals surface area contributed by atoms with Crippen molar-refractivity contribution in [2.24, 2.45) is 0 Å². The molecule has 4 nitrogen and oxygen atoms in total. The largest absolute Gasteiger partial charge is 0.486 e. The Bertz CT molecular complexity index is 1440. The van der Waals surface area contributed by atoms with Crippen molar-refractivity contribution in [2.75, 3.05) is 5.32 Å². The van der Waals surface area contributed by atoms with Gasteiger partial charge in [-0.25, -0.2) is 4.39 Å². The van der Waals surface area contributed by atoms with Crippen molar-refractivity contribution in [3.8, 4) is 11.8 Å². The number of nitriles is 1. The number of carbonyl (C=O) groups excluding carboxylic acids is 1. The van der Waals surface area contributed by atoms with Gasteiger partial charge >= 0.3 is 0 Å². The monoisotopic (exact) mass is 534 g/mol. The van der Waals surface area contributed by atoms with Crippen LogP contribution in [0, 0.1) is 17.1 Å². The van der Waals surface area contributed by atoms with E-state index >= 15 is 0 Å². The molecule has 0 saturated carbocycles. The van der Waals surface area contributed by atoms with Crippen LogP contribution in [0.4, 0.5) is 10.1 Å². The zero-order valence-electron chi connectivity index (χ0n) is 17.7. The van der Waals surface area contributed by atoms with Gasteiger partial charge in [-0.2, -0.15) is 5.26 Å². The Labute approximate surface area is 209 Å². The lowest BCUT2D eigenvalue weighted by molar-refractivity contribution is -0.112. The molecule has 4 rings (SSSR count). The number of hydrogen-bond donors (Lipinski definition) is 1. The minimum Gasteiger partial charge on any atom is -0.486 e. The van der Waals surface area contributed by atoms with Crippen LogP contribution in [0.15, 0.2) is 88.9 Å². The molecule has 168 valence electrons. The lowest BCUT2D eigenvalue weighted by Crippen LogP contribution is -2.14. The summed E-state index contributed by atoms with van der Waals surface area (Å²) in [7, 11) is 0. The van der Waals surface area contributed by atoms with Gasteiger partial charge in [0.15, 0.2) is 5.75 Å². The van der Waals surface area contributed by atoms with E-state index in [0.29, 0.717) is 27.4 Å². The molecule has 1 N–H and O–H groups in total. The van der Waals surface area contributed by atoms with Gasteiger partial charge in [-0.05, 0) is 74.2 Å². The summed E-state index contributed by atoms with van der Waals surface area (Å²) < 4.78 is 20.3. The second-order valence-electron chi connectivity index (χ2n) is 7.39. The molecule has 0 aliphatic carbocycles. The summed E-state index contributed by atoms with van der Waals surface area (Å²) >= 11 is 9.89. The van der Waals surface area contributed by atoms with Gasteiger partial charge in [0.05, 0.1) is 15.2 Å². The van der Waals surface area contributed by atoms with E-state index in [4.69, 9.17) is 16.3 Å². The normalized spacial score (nSPS) is 11.2. The topological polar surface area (TPSA) is 62.1 Å². The second kappa shape index (κ2) is 10.5. The van der Waals surface area contributed by atoms with Crippen molar-refractivity contribution in [2.45, 2.75) is 6.61 Å². The van der Waals surface area contributed by atoms with Crippen molar-refractivity contribution in [1.82, 2.24) is 0 Å². The third kappa shape index (κ3) is 5.45. The molecular formula is C27H17BrClFN2O2. The molecule has 4 aromatic rings. The first-order chi connectivity index (χ1) is 16.4. The molecule has 0 heterocycles. The Morgan fingerprint density at radius 3 is 2.53 bits per heavy atom. The number of fused-ring (bicyclic) bond motifs is 1. The molecule has 0 bridgehead atoms. The Balaban J connectivity index is 1.51. The fourth-order valence-corrected chi connectivity index (χ4v) is 4.34. The van der Waals surface area contributed by atoms with E-state index in [2.05, 4.69) is 27.3 Å². The van der Waals surface area contributed by atoms with E-state index in [1.165, 1.54) is 24.3 Å². The van der Waals surface area contributed by atoms with Crippen molar-refractivity contribution in [1.29, 1.82) is 5.26 Å². The molecule has 0 spiro atoms. The number of para-hydroxylation sites is 1. The fourth-order valence-electron chi connectivity index (χ4n) is 3.35. The number of nitrogens with one attached hydrogen (secondary N) is 1. The Kier molecular flexibility index (Phi) is 7.27. The molecule has 0 unspecified atom stereocenters. The molecule has 1 amide bonds. The summed E-state index contributed by atoms with van der Waals surface area (Å²) in [6.45, 7) is 0.312. The standard InChI is InChI=1S/C27H17BrClFN2O2/c28-22-13-18(12-21(15-31)27(33)32-25-8-4-3-7-24(25)30)14-23(29)26(22)34-16-17-9-10-19-5-1-2-6-20(19)11-17/h1-14H,16H2,(H,32,33)/b21-12-. The minimum absolute atomic E-state index is 0.00898. The fraction of sp³-hybridized carbons (Fsp3) is 0.0370. The highest BCUT2D eigenvalue weighted by Gasteiger charge is 2.14. The zero-order valence-corrected chi connectivity index (χ0v) is 20.0. The molecule has 4 aromatic carbocycles. The number of benzene rings is 4. The Morgan fingerprint density at radius 1 is 1.06 bits per heavy atom. The van der Waals surface area contributed by atoms with Gasteiger partial charge in [0.25, 0.3) is 5.91 Å². The number of hydrogen-bond acceptors (Lipinski definition) is 3. The number of anilines is 1. The van der Waals surface area contributed by atoms with Crippen molar-refractivity contribution in [3.63, 3.8) is 0 Å². The lowest BCUT2D eigenvalue weighted by Gasteiger charge is -2.12. The number of halogens is 3. The number of ether oxygens (including phenoxy) is 1. The third-order valence-corrected chi connectivity index (χ3v) is 5.89. The Morgan fingerprint density at radius 2 is 1.79 bits per heavy atom. The quantitative estimate of drug-likeness (QED) is 0.205. The van der Waals surface area contributed by atoms with E-state index in [-0.39, 0.29) is 11.3 Å². The first-order valence-electron chi connectivity index (χ1n) is 10.2. The minimum atomic E-state index is -0.725. The molecule has 0 aliphatic rings. The van der Waals surface area contributed by atoms with Crippen molar-refractivity contribution < 1.29 is 13.9 Å². The van der Waals surface area contributed by atoms with E-state index in [0.717, 1.165) is 16.3 Å². The predicted molar refractivity (Wildman–Crippen MR) is 136 cm³/mol. The maximum atomic E-state index is 13.8. The summed E-state index contributed by atoms with van der Waals surface area (Å²) in [5.74, 6) is -0.871. The summed E-state index contributed by atoms with van der Waals surface area (Å²) in [5.41, 5.74) is 1.29. The third-order valence-electron chi connectivity index (χ3n) is 5.02. The van der Waals surface area contributed by atoms with Crippen molar-refractivity contribution >= 4 is 56.0 Å². The van der Waals surface area contributed by atoms with Crippen molar-refractivity contribution in [3.05, 3.63) is 111 Å². The van der Waals surface area contributed by atoms with E-state index < -0.39 is 11.7 Å². The second-order valence-corrected chi connectivity index (χ2v) is 8.65. The van der Waals surface area contributed by atoms with Gasteiger partial charge in [0.1, 0.15) is 24.1 Å². The van der Waals surface area contributed by atoms with Gasteiger partial charge in [-0.15, -0.1) is 0 Å². The molecule has 7 heteroatoms. The van der Waals surface area contributed by atoms with Crippen LogP contribution in [-0.2, 0) is 11.4 Å². The SMILES string of the molecule is N#C/C(=C/c1cc(Cl)c(OCc2ccc3ccccc3c2)c(Br)c1)C(=O)Nc1ccccc1F. The summed E-state index contributed by atoms with van der Waals surface area (Å²) in [5, 5.41) is 14.4. The van der Waals surface area contributed by atoms with Crippen LogP contribution in [-0.4, -0.2) is 5.91 Å². The van der Waals surface area contributed by atoms with Crippen LogP contribution in [0.25, 0.3) is 16.8 Å². The summed E-state index contributed by atoms with van der Waals surface area (Å²) in [6, 6.07) is 25.0. The summed E-state index contributed by atoms with van der Waals surface area (Å²) in [6.07, 6.45) is 1.37. The first kappa shape index (κ1) is 23.5. The van der Waals surface area contributed by atoms with Crippen LogP contribution in [0.3, 0.4) is 0 Å². The highest BCUT2D eigenvalue weighted by Crippen LogP contribution is 2.36. The molecular weight excluding hydrogens is 519 g/mol. The Hall–Kier alpha value is -3.66.